The lowest BCUT2D eigenvalue weighted by molar-refractivity contribution is -0.137. The van der Waals surface area contributed by atoms with Crippen LogP contribution >= 0.6 is 11.6 Å². The summed E-state index contributed by atoms with van der Waals surface area (Å²) in [5, 5.41) is 10.4. The van der Waals surface area contributed by atoms with E-state index in [9.17, 15) is 8.78 Å². The van der Waals surface area contributed by atoms with E-state index in [-0.39, 0.29) is 23.1 Å². The zero-order valence-corrected chi connectivity index (χ0v) is 9.16. The monoisotopic (exact) mass is 263 g/mol. The average Bonchev–Trinajstić information content (AvgIpc) is 2.82. The van der Waals surface area contributed by atoms with E-state index in [0.29, 0.717) is 5.82 Å². The number of nitrogens with two attached hydrogens (primary N) is 1. The van der Waals surface area contributed by atoms with Crippen molar-refractivity contribution in [3.8, 4) is 5.82 Å². The maximum Gasteiger partial charge on any atom is 0.345 e. The second kappa shape index (κ2) is 4.68. The van der Waals surface area contributed by atoms with Crippen LogP contribution in [0.4, 0.5) is 14.6 Å². The van der Waals surface area contributed by atoms with Crippen molar-refractivity contribution >= 4 is 17.4 Å². The molecule has 0 spiro atoms. The molecule has 2 aromatic rings. The second-order valence-corrected chi connectivity index (χ2v) is 3.46. The molecule has 2 rings (SSSR count). The van der Waals surface area contributed by atoms with Gasteiger partial charge in [-0.15, -0.1) is 0 Å². The summed E-state index contributed by atoms with van der Waals surface area (Å²) in [7, 11) is 0. The normalized spacial score (nSPS) is 11.3. The molecule has 92 valence electrons. The fourth-order valence-electron chi connectivity index (χ4n) is 1.23. The quantitative estimate of drug-likeness (QED) is 0.877. The molecule has 0 saturated carbocycles. The van der Waals surface area contributed by atoms with E-state index in [4.69, 9.17) is 17.3 Å². The summed E-state index contributed by atoms with van der Waals surface area (Å²) in [4.78, 5) is 0. The van der Waals surface area contributed by atoms with E-state index in [1.807, 2.05) is 0 Å². The Hall–Kier alpha value is -1.67. The summed E-state index contributed by atoms with van der Waals surface area (Å²) in [5.74, 6) is 0.571. The van der Waals surface area contributed by atoms with Gasteiger partial charge in [0.2, 0.25) is 0 Å². The van der Waals surface area contributed by atoms with Gasteiger partial charge in [0.15, 0.2) is 5.82 Å². The molecule has 17 heavy (non-hydrogen) atoms. The number of H-pyrrole nitrogens is 1. The van der Waals surface area contributed by atoms with Crippen LogP contribution in [0.1, 0.15) is 5.69 Å². The van der Waals surface area contributed by atoms with Crippen LogP contribution < -0.4 is 5.73 Å². The molecule has 3 N–H and O–H groups in total. The Morgan fingerprint density at radius 3 is 2.94 bits per heavy atom. The molecule has 2 heterocycles. The summed E-state index contributed by atoms with van der Waals surface area (Å²) in [6, 6.07) is 1.56. The molecule has 0 saturated heterocycles. The number of rotatable bonds is 4. The van der Waals surface area contributed by atoms with Gasteiger partial charge >= 0.3 is 6.61 Å². The molecular weight excluding hydrogens is 256 g/mol. The molecule has 0 radical (unpaired) electrons. The van der Waals surface area contributed by atoms with Gasteiger partial charge < -0.3 is 10.5 Å². The SMILES string of the molecule is Nc1ccnn1-c1n[nH]c(COC(F)F)c1Cl. The number of nitrogens with zero attached hydrogens (tertiary/aromatic N) is 3. The van der Waals surface area contributed by atoms with Crippen LogP contribution in [0.25, 0.3) is 5.82 Å². The standard InChI is InChI=1S/C8H8ClF2N5O/c9-6-4(3-17-8(10)11)14-15-7(6)16-5(12)1-2-13-16/h1-2,8H,3,12H2,(H,14,15). The summed E-state index contributed by atoms with van der Waals surface area (Å²) in [6.45, 7) is -3.24. The van der Waals surface area contributed by atoms with Crippen LogP contribution in [0, 0.1) is 0 Å². The van der Waals surface area contributed by atoms with Gasteiger partial charge in [-0.25, -0.2) is 0 Å². The third-order valence-electron chi connectivity index (χ3n) is 1.98. The number of hydrogen-bond donors (Lipinski definition) is 2. The highest BCUT2D eigenvalue weighted by Crippen LogP contribution is 2.24. The van der Waals surface area contributed by atoms with Crippen LogP contribution in [-0.2, 0) is 11.3 Å². The first-order valence-corrected chi connectivity index (χ1v) is 4.89. The number of ether oxygens (including phenoxy) is 1. The van der Waals surface area contributed by atoms with Crippen LogP contribution in [0.15, 0.2) is 12.3 Å². The molecule has 0 amide bonds. The van der Waals surface area contributed by atoms with E-state index in [1.165, 1.54) is 10.9 Å². The molecule has 0 fully saturated rings. The molecule has 0 atom stereocenters. The van der Waals surface area contributed by atoms with Gasteiger partial charge in [-0.05, 0) is 0 Å². The first-order chi connectivity index (χ1) is 8.09. The van der Waals surface area contributed by atoms with Crippen molar-refractivity contribution in [3.05, 3.63) is 23.0 Å². The van der Waals surface area contributed by atoms with Crippen LogP contribution in [-0.4, -0.2) is 26.6 Å². The number of aromatic nitrogens is 4. The maximum atomic E-state index is 11.9. The van der Waals surface area contributed by atoms with Gasteiger partial charge in [-0.1, -0.05) is 11.6 Å². The molecule has 0 aliphatic rings. The third-order valence-corrected chi connectivity index (χ3v) is 2.38. The lowest BCUT2D eigenvalue weighted by atomic mass is 10.4. The van der Waals surface area contributed by atoms with Crippen molar-refractivity contribution in [2.75, 3.05) is 5.73 Å². The highest BCUT2D eigenvalue weighted by Gasteiger charge is 2.16. The molecule has 0 unspecified atom stereocenters. The molecule has 0 aliphatic heterocycles. The zero-order valence-electron chi connectivity index (χ0n) is 8.40. The zero-order chi connectivity index (χ0) is 12.4. The molecule has 2 aromatic heterocycles. The first kappa shape index (κ1) is 11.8. The van der Waals surface area contributed by atoms with E-state index in [1.54, 1.807) is 6.07 Å². The topological polar surface area (TPSA) is 81.8 Å². The Morgan fingerprint density at radius 2 is 2.35 bits per heavy atom. The number of halogens is 3. The van der Waals surface area contributed by atoms with Crippen LogP contribution in [0.3, 0.4) is 0 Å². The van der Waals surface area contributed by atoms with Crippen LogP contribution in [0.5, 0.6) is 0 Å². The summed E-state index contributed by atoms with van der Waals surface area (Å²) < 4.78 is 29.1. The number of aromatic amines is 1. The maximum absolute atomic E-state index is 11.9. The smallest absolute Gasteiger partial charge is 0.345 e. The molecule has 6 nitrogen and oxygen atoms in total. The number of nitrogen functional groups attached to an aromatic ring is 1. The van der Waals surface area contributed by atoms with Gasteiger partial charge in [0, 0.05) is 6.07 Å². The van der Waals surface area contributed by atoms with Crippen molar-refractivity contribution in [1.82, 2.24) is 20.0 Å². The fraction of sp³-hybridized carbons (Fsp3) is 0.250. The first-order valence-electron chi connectivity index (χ1n) is 4.52. The van der Waals surface area contributed by atoms with E-state index in [2.05, 4.69) is 20.0 Å². The Bertz CT molecular complexity index is 512. The minimum absolute atomic E-state index is 0.140. The largest absolute Gasteiger partial charge is 0.384 e. The number of alkyl halides is 2. The lowest BCUT2D eigenvalue weighted by Gasteiger charge is -2.01. The van der Waals surface area contributed by atoms with Crippen molar-refractivity contribution in [3.63, 3.8) is 0 Å². The molecule has 0 bridgehead atoms. The van der Waals surface area contributed by atoms with E-state index < -0.39 is 6.61 Å². The van der Waals surface area contributed by atoms with Gasteiger partial charge in [0.25, 0.3) is 0 Å². The van der Waals surface area contributed by atoms with Crippen molar-refractivity contribution in [2.45, 2.75) is 13.2 Å². The van der Waals surface area contributed by atoms with Crippen molar-refractivity contribution < 1.29 is 13.5 Å². The molecule has 0 aliphatic carbocycles. The number of hydrogen-bond acceptors (Lipinski definition) is 4. The molecular formula is C8H8ClF2N5O. The van der Waals surface area contributed by atoms with Crippen molar-refractivity contribution in [2.24, 2.45) is 0 Å². The van der Waals surface area contributed by atoms with E-state index >= 15 is 0 Å². The van der Waals surface area contributed by atoms with Gasteiger partial charge in [0.05, 0.1) is 18.5 Å². The van der Waals surface area contributed by atoms with Crippen LogP contribution in [0.2, 0.25) is 5.02 Å². The van der Waals surface area contributed by atoms with E-state index in [0.717, 1.165) is 0 Å². The van der Waals surface area contributed by atoms with Gasteiger partial charge in [-0.3, -0.25) is 5.10 Å². The molecule has 0 aromatic carbocycles. The minimum Gasteiger partial charge on any atom is -0.384 e. The summed E-state index contributed by atoms with van der Waals surface area (Å²) in [5.41, 5.74) is 5.84. The van der Waals surface area contributed by atoms with Crippen molar-refractivity contribution in [1.29, 1.82) is 0 Å². The average molecular weight is 264 g/mol. The number of anilines is 1. The summed E-state index contributed by atoms with van der Waals surface area (Å²) in [6.07, 6.45) is 1.47. The Balaban J connectivity index is 2.24. The van der Waals surface area contributed by atoms with Gasteiger partial charge in [-0.2, -0.15) is 23.7 Å². The predicted molar refractivity (Wildman–Crippen MR) is 55.9 cm³/mol. The summed E-state index contributed by atoms with van der Waals surface area (Å²) >= 11 is 5.94. The fourth-order valence-corrected chi connectivity index (χ4v) is 1.45. The third kappa shape index (κ3) is 2.37. The lowest BCUT2D eigenvalue weighted by Crippen LogP contribution is -2.02. The minimum atomic E-state index is -2.87. The number of nitrogens with one attached hydrogen (secondary N) is 1. The predicted octanol–water partition coefficient (Wildman–Crippen LogP) is 1.57. The Labute approximate surface area is 99.3 Å². The highest BCUT2D eigenvalue weighted by atomic mass is 35.5. The van der Waals surface area contributed by atoms with Gasteiger partial charge in [0.1, 0.15) is 10.8 Å². The molecule has 9 heteroatoms. The highest BCUT2D eigenvalue weighted by molar-refractivity contribution is 6.32. The Morgan fingerprint density at radius 1 is 1.59 bits per heavy atom. The Kier molecular flexibility index (Phi) is 3.25. The second-order valence-electron chi connectivity index (χ2n) is 3.08.